The number of hydrogen-bond donors (Lipinski definition) is 2. The number of anilines is 1. The van der Waals surface area contributed by atoms with Crippen molar-refractivity contribution in [1.29, 1.82) is 0 Å². The minimum absolute atomic E-state index is 0.0940. The molecule has 0 bridgehead atoms. The standard InChI is InChI=1S/C19H18F3N7O3/c20-19(21,22)14-9-15(28-5-7-32-8-6-28)16(23-10-14)17-24-27-29(25-17)11-12-1-3-13(4-2-12)18(30)26-31/h1-4,9-10,31H,5-8,11H2,(H,26,30). The Morgan fingerprint density at radius 3 is 2.56 bits per heavy atom. The lowest BCUT2D eigenvalue weighted by atomic mass is 10.1. The molecule has 0 aliphatic carbocycles. The average Bonchev–Trinajstić information content (AvgIpc) is 3.27. The largest absolute Gasteiger partial charge is 0.417 e. The average molecular weight is 449 g/mol. The second-order valence-electron chi connectivity index (χ2n) is 6.97. The first-order chi connectivity index (χ1) is 15.3. The Kier molecular flexibility index (Phi) is 6.01. The number of aromatic nitrogens is 5. The topological polar surface area (TPSA) is 118 Å². The van der Waals surface area contributed by atoms with Gasteiger partial charge in [-0.3, -0.25) is 10.0 Å². The van der Waals surface area contributed by atoms with Gasteiger partial charge in [0.25, 0.3) is 5.91 Å². The first-order valence-electron chi connectivity index (χ1n) is 9.56. The Morgan fingerprint density at radius 2 is 1.91 bits per heavy atom. The van der Waals surface area contributed by atoms with Crippen LogP contribution in [0.1, 0.15) is 21.5 Å². The molecule has 1 aliphatic rings. The number of benzene rings is 1. The molecule has 2 N–H and O–H groups in total. The predicted octanol–water partition coefficient (Wildman–Crippen LogP) is 1.76. The quantitative estimate of drug-likeness (QED) is 0.447. The van der Waals surface area contributed by atoms with Gasteiger partial charge in [0, 0.05) is 24.8 Å². The molecule has 4 rings (SSSR count). The van der Waals surface area contributed by atoms with E-state index in [-0.39, 0.29) is 29.3 Å². The Hall–Kier alpha value is -3.58. The summed E-state index contributed by atoms with van der Waals surface area (Å²) in [5, 5.41) is 20.9. The molecule has 1 aromatic carbocycles. The van der Waals surface area contributed by atoms with Gasteiger partial charge in [-0.2, -0.15) is 18.0 Å². The van der Waals surface area contributed by atoms with E-state index < -0.39 is 17.6 Å². The molecular formula is C19H18F3N7O3. The second kappa shape index (κ2) is 8.88. The van der Waals surface area contributed by atoms with Gasteiger partial charge in [0.2, 0.25) is 5.82 Å². The van der Waals surface area contributed by atoms with E-state index in [4.69, 9.17) is 9.94 Å². The van der Waals surface area contributed by atoms with E-state index >= 15 is 0 Å². The van der Waals surface area contributed by atoms with Crippen molar-refractivity contribution in [3.63, 3.8) is 0 Å². The molecule has 3 heterocycles. The van der Waals surface area contributed by atoms with E-state index in [0.29, 0.717) is 26.3 Å². The second-order valence-corrected chi connectivity index (χ2v) is 6.97. The van der Waals surface area contributed by atoms with Crippen molar-refractivity contribution in [2.45, 2.75) is 12.7 Å². The Morgan fingerprint density at radius 1 is 1.19 bits per heavy atom. The summed E-state index contributed by atoms with van der Waals surface area (Å²) < 4.78 is 45.0. The number of tetrazole rings is 1. The fourth-order valence-corrected chi connectivity index (χ4v) is 3.22. The van der Waals surface area contributed by atoms with Crippen molar-refractivity contribution in [1.82, 2.24) is 30.7 Å². The number of ether oxygens (including phenoxy) is 1. The highest BCUT2D eigenvalue weighted by Crippen LogP contribution is 2.35. The van der Waals surface area contributed by atoms with E-state index in [0.717, 1.165) is 17.8 Å². The maximum atomic E-state index is 13.2. The normalized spacial score (nSPS) is 14.4. The number of rotatable bonds is 5. The van der Waals surface area contributed by atoms with Crippen molar-refractivity contribution in [2.24, 2.45) is 0 Å². The number of hydrogen-bond acceptors (Lipinski definition) is 8. The highest BCUT2D eigenvalue weighted by Gasteiger charge is 2.33. The first kappa shape index (κ1) is 21.6. The number of morpholine rings is 1. The van der Waals surface area contributed by atoms with Crippen LogP contribution in [0.5, 0.6) is 0 Å². The molecule has 1 aliphatic heterocycles. The maximum absolute atomic E-state index is 13.2. The van der Waals surface area contributed by atoms with Crippen molar-refractivity contribution >= 4 is 11.6 Å². The SMILES string of the molecule is O=C(NO)c1ccc(Cn2nnc(-c3ncc(C(F)(F)F)cc3N3CCOCC3)n2)cc1. The molecule has 1 saturated heterocycles. The molecule has 0 atom stereocenters. The molecule has 2 aromatic heterocycles. The summed E-state index contributed by atoms with van der Waals surface area (Å²) in [4.78, 5) is 18.4. The van der Waals surface area contributed by atoms with Crippen LogP contribution < -0.4 is 10.4 Å². The number of nitrogens with one attached hydrogen (secondary N) is 1. The third-order valence-corrected chi connectivity index (χ3v) is 4.85. The Balaban J connectivity index is 1.60. The fourth-order valence-electron chi connectivity index (χ4n) is 3.22. The van der Waals surface area contributed by atoms with Crippen LogP contribution >= 0.6 is 0 Å². The Bertz CT molecular complexity index is 1100. The van der Waals surface area contributed by atoms with Crippen LogP contribution in [0, 0.1) is 0 Å². The van der Waals surface area contributed by atoms with Crippen LogP contribution in [0.25, 0.3) is 11.5 Å². The third-order valence-electron chi connectivity index (χ3n) is 4.85. The summed E-state index contributed by atoms with van der Waals surface area (Å²) in [6, 6.07) is 7.39. The number of pyridine rings is 1. The zero-order chi connectivity index (χ0) is 22.7. The first-order valence-corrected chi connectivity index (χ1v) is 9.56. The predicted molar refractivity (Wildman–Crippen MR) is 104 cm³/mol. The molecular weight excluding hydrogens is 431 g/mol. The number of nitrogens with zero attached hydrogens (tertiary/aromatic N) is 6. The van der Waals surface area contributed by atoms with Gasteiger partial charge in [0.15, 0.2) is 0 Å². The number of halogens is 3. The third kappa shape index (κ3) is 4.68. The zero-order valence-corrected chi connectivity index (χ0v) is 16.6. The highest BCUT2D eigenvalue weighted by molar-refractivity contribution is 5.93. The molecule has 0 saturated carbocycles. The number of carbonyl (C=O) groups excluding carboxylic acids is 1. The molecule has 1 fully saturated rings. The van der Waals surface area contributed by atoms with Crippen molar-refractivity contribution in [3.8, 4) is 11.5 Å². The van der Waals surface area contributed by atoms with Crippen LogP contribution in [0.2, 0.25) is 0 Å². The summed E-state index contributed by atoms with van der Waals surface area (Å²) in [6.45, 7) is 1.82. The highest BCUT2D eigenvalue weighted by atomic mass is 19.4. The number of carbonyl (C=O) groups is 1. The molecule has 0 radical (unpaired) electrons. The summed E-state index contributed by atoms with van der Waals surface area (Å²) in [5.41, 5.74) is 2.17. The van der Waals surface area contributed by atoms with Crippen LogP contribution in [0.4, 0.5) is 18.9 Å². The van der Waals surface area contributed by atoms with Crippen molar-refractivity contribution in [3.05, 3.63) is 53.2 Å². The summed E-state index contributed by atoms with van der Waals surface area (Å²) >= 11 is 0. The smallest absolute Gasteiger partial charge is 0.378 e. The van der Waals surface area contributed by atoms with E-state index in [1.54, 1.807) is 22.5 Å². The van der Waals surface area contributed by atoms with Gasteiger partial charge >= 0.3 is 6.18 Å². The van der Waals surface area contributed by atoms with Gasteiger partial charge in [-0.1, -0.05) is 12.1 Å². The van der Waals surface area contributed by atoms with Crippen molar-refractivity contribution in [2.75, 3.05) is 31.2 Å². The lowest BCUT2D eigenvalue weighted by Crippen LogP contribution is -2.36. The maximum Gasteiger partial charge on any atom is 0.417 e. The number of hydroxylamine groups is 1. The molecule has 0 unspecified atom stereocenters. The number of alkyl halides is 3. The summed E-state index contributed by atoms with van der Waals surface area (Å²) in [7, 11) is 0. The Labute approximate surface area is 179 Å². The molecule has 13 heteroatoms. The van der Waals surface area contributed by atoms with Gasteiger partial charge in [0.1, 0.15) is 5.69 Å². The van der Waals surface area contributed by atoms with Crippen LogP contribution in [0.15, 0.2) is 36.5 Å². The summed E-state index contributed by atoms with van der Waals surface area (Å²) in [5.74, 6) is -0.543. The van der Waals surface area contributed by atoms with Gasteiger partial charge in [-0.05, 0) is 29.0 Å². The molecule has 168 valence electrons. The molecule has 10 nitrogen and oxygen atoms in total. The summed E-state index contributed by atoms with van der Waals surface area (Å²) in [6.07, 6.45) is -3.78. The monoisotopic (exact) mass is 449 g/mol. The molecule has 3 aromatic rings. The van der Waals surface area contributed by atoms with E-state index in [1.165, 1.54) is 16.9 Å². The minimum Gasteiger partial charge on any atom is -0.378 e. The van der Waals surface area contributed by atoms with Crippen molar-refractivity contribution < 1.29 is 27.9 Å². The van der Waals surface area contributed by atoms with E-state index in [9.17, 15) is 18.0 Å². The van der Waals surface area contributed by atoms with Crippen LogP contribution in [0.3, 0.4) is 0 Å². The van der Waals surface area contributed by atoms with Gasteiger partial charge in [-0.25, -0.2) is 10.5 Å². The zero-order valence-electron chi connectivity index (χ0n) is 16.6. The molecule has 1 amide bonds. The van der Waals surface area contributed by atoms with Gasteiger partial charge < -0.3 is 9.64 Å². The van der Waals surface area contributed by atoms with Crippen LogP contribution in [-0.4, -0.2) is 62.6 Å². The van der Waals surface area contributed by atoms with Crippen LogP contribution in [-0.2, 0) is 17.5 Å². The molecule has 32 heavy (non-hydrogen) atoms. The number of amides is 1. The lowest BCUT2D eigenvalue weighted by Gasteiger charge is -2.30. The fraction of sp³-hybridized carbons (Fsp3) is 0.316. The lowest BCUT2D eigenvalue weighted by molar-refractivity contribution is -0.137. The van der Waals surface area contributed by atoms with Gasteiger partial charge in [-0.15, -0.1) is 10.2 Å². The molecule has 0 spiro atoms. The minimum atomic E-state index is -4.53. The van der Waals surface area contributed by atoms with Gasteiger partial charge in [0.05, 0.1) is 31.0 Å². The van der Waals surface area contributed by atoms with E-state index in [1.807, 2.05) is 0 Å². The van der Waals surface area contributed by atoms with E-state index in [2.05, 4.69) is 20.4 Å².